The van der Waals surface area contributed by atoms with E-state index in [-0.39, 0.29) is 28.2 Å². The van der Waals surface area contributed by atoms with Gasteiger partial charge in [0.2, 0.25) is 0 Å². The van der Waals surface area contributed by atoms with Crippen LogP contribution in [0.1, 0.15) is 27.2 Å². The maximum atomic E-state index is 12.5. The Morgan fingerprint density at radius 1 is 0.968 bits per heavy atom. The molecule has 0 unspecified atom stereocenters. The normalized spacial score (nSPS) is 10.6. The average molecular weight is 482 g/mol. The van der Waals surface area contributed by atoms with Crippen molar-refractivity contribution < 1.29 is 18.7 Å². The lowest BCUT2D eigenvalue weighted by atomic mass is 10.1. The number of carbonyl (C=O) groups excluding carboxylic acids is 2. The van der Waals surface area contributed by atoms with Gasteiger partial charge in [0.05, 0.1) is 16.3 Å². The van der Waals surface area contributed by atoms with E-state index in [2.05, 4.69) is 10.6 Å². The minimum atomic E-state index is -0.421. The zero-order valence-corrected chi connectivity index (χ0v) is 19.2. The van der Waals surface area contributed by atoms with Crippen molar-refractivity contribution in [2.24, 2.45) is 0 Å². The predicted molar refractivity (Wildman–Crippen MR) is 123 cm³/mol. The molecule has 0 spiro atoms. The topological polar surface area (TPSA) is 80.6 Å². The minimum absolute atomic E-state index is 0.182. The maximum Gasteiger partial charge on any atom is 0.291 e. The van der Waals surface area contributed by atoms with Gasteiger partial charge in [-0.15, -0.1) is 0 Å². The Labute approximate surface area is 194 Å². The largest absolute Gasteiger partial charge is 0.481 e. The third-order valence-electron chi connectivity index (χ3n) is 4.58. The lowest BCUT2D eigenvalue weighted by molar-refractivity contribution is -0.118. The van der Waals surface area contributed by atoms with Gasteiger partial charge in [0.25, 0.3) is 11.8 Å². The van der Waals surface area contributed by atoms with Gasteiger partial charge in [-0.3, -0.25) is 9.59 Å². The highest BCUT2D eigenvalue weighted by atomic mass is 35.5. The Balaban J connectivity index is 1.69. The van der Waals surface area contributed by atoms with Crippen LogP contribution in [0.4, 0.5) is 11.4 Å². The maximum absolute atomic E-state index is 12.5. The molecule has 1 aromatic heterocycles. The molecule has 0 aliphatic carbocycles. The van der Waals surface area contributed by atoms with Crippen molar-refractivity contribution in [3.63, 3.8) is 0 Å². The number of hydrogen-bond acceptors (Lipinski definition) is 4. The first-order valence-corrected chi connectivity index (χ1v) is 10.3. The summed E-state index contributed by atoms with van der Waals surface area (Å²) < 4.78 is 10.7. The molecule has 0 atom stereocenters. The summed E-state index contributed by atoms with van der Waals surface area (Å²) in [6.07, 6.45) is 1.41. The Morgan fingerprint density at radius 2 is 1.65 bits per heavy atom. The molecule has 6 nitrogen and oxygen atoms in total. The number of carbonyl (C=O) groups is 2. The molecule has 162 valence electrons. The highest BCUT2D eigenvalue weighted by Gasteiger charge is 2.19. The van der Waals surface area contributed by atoms with Gasteiger partial charge >= 0.3 is 0 Å². The third kappa shape index (κ3) is 5.15. The lowest BCUT2D eigenvalue weighted by Gasteiger charge is -2.16. The second-order valence-corrected chi connectivity index (χ2v) is 7.95. The summed E-state index contributed by atoms with van der Waals surface area (Å²) in [6, 6.07) is 8.32. The van der Waals surface area contributed by atoms with Crippen LogP contribution < -0.4 is 15.4 Å². The number of furan rings is 1. The van der Waals surface area contributed by atoms with Gasteiger partial charge in [0.15, 0.2) is 18.1 Å². The van der Waals surface area contributed by atoms with E-state index in [1.165, 1.54) is 6.26 Å². The van der Waals surface area contributed by atoms with Crippen LogP contribution in [-0.4, -0.2) is 18.4 Å². The van der Waals surface area contributed by atoms with Crippen molar-refractivity contribution in [1.82, 2.24) is 0 Å². The summed E-state index contributed by atoms with van der Waals surface area (Å²) in [5.41, 5.74) is 3.07. The van der Waals surface area contributed by atoms with E-state index in [1.54, 1.807) is 44.2 Å². The molecule has 0 fully saturated rings. The van der Waals surface area contributed by atoms with Crippen LogP contribution in [0.5, 0.6) is 5.75 Å². The van der Waals surface area contributed by atoms with Crippen LogP contribution in [0.2, 0.25) is 15.1 Å². The number of aryl methyl sites for hydroxylation is 1. The van der Waals surface area contributed by atoms with E-state index in [9.17, 15) is 9.59 Å². The van der Waals surface area contributed by atoms with E-state index >= 15 is 0 Å². The molecule has 2 aromatic carbocycles. The number of amides is 2. The molecule has 9 heteroatoms. The van der Waals surface area contributed by atoms with Crippen LogP contribution >= 0.6 is 34.8 Å². The summed E-state index contributed by atoms with van der Waals surface area (Å²) >= 11 is 18.8. The molecule has 0 aliphatic heterocycles. The quantitative estimate of drug-likeness (QED) is 0.425. The molecule has 0 saturated heterocycles. The van der Waals surface area contributed by atoms with Crippen LogP contribution in [0.25, 0.3) is 0 Å². The number of nitrogens with one attached hydrogen (secondary N) is 2. The minimum Gasteiger partial charge on any atom is -0.481 e. The first-order valence-electron chi connectivity index (χ1n) is 9.20. The fourth-order valence-corrected chi connectivity index (χ4v) is 3.62. The highest BCUT2D eigenvalue weighted by Crippen LogP contribution is 2.42. The molecular formula is C22H19Cl3N2O4. The van der Waals surface area contributed by atoms with Gasteiger partial charge in [-0.25, -0.2) is 0 Å². The number of rotatable bonds is 6. The van der Waals surface area contributed by atoms with Gasteiger partial charge in [0.1, 0.15) is 0 Å². The molecule has 3 rings (SSSR count). The molecular weight excluding hydrogens is 463 g/mol. The van der Waals surface area contributed by atoms with Crippen LogP contribution in [0.3, 0.4) is 0 Å². The van der Waals surface area contributed by atoms with E-state index < -0.39 is 11.8 Å². The fraction of sp³-hybridized carbons (Fsp3) is 0.182. The zero-order valence-electron chi connectivity index (χ0n) is 16.9. The van der Waals surface area contributed by atoms with Crippen molar-refractivity contribution >= 4 is 58.0 Å². The number of hydrogen-bond donors (Lipinski definition) is 2. The van der Waals surface area contributed by atoms with Crippen LogP contribution in [0, 0.1) is 20.8 Å². The first kappa shape index (κ1) is 23.0. The van der Waals surface area contributed by atoms with Gasteiger partial charge in [0, 0.05) is 16.4 Å². The molecule has 2 N–H and O–H groups in total. The van der Waals surface area contributed by atoms with Crippen molar-refractivity contribution in [1.29, 1.82) is 0 Å². The van der Waals surface area contributed by atoms with Crippen molar-refractivity contribution in [3.05, 3.63) is 74.1 Å². The van der Waals surface area contributed by atoms with Crippen LogP contribution in [-0.2, 0) is 4.79 Å². The Hall–Kier alpha value is -2.67. The Bertz CT molecular complexity index is 1120. The number of halogens is 3. The molecule has 3 aromatic rings. The summed E-state index contributed by atoms with van der Waals surface area (Å²) in [5.74, 6) is -0.432. The summed E-state index contributed by atoms with van der Waals surface area (Å²) in [4.78, 5) is 24.6. The van der Waals surface area contributed by atoms with Gasteiger partial charge in [-0.2, -0.15) is 0 Å². The predicted octanol–water partition coefficient (Wildman–Crippen LogP) is 6.43. The van der Waals surface area contributed by atoms with Crippen molar-refractivity contribution in [2.75, 3.05) is 17.2 Å². The molecule has 0 aliphatic rings. The second kappa shape index (κ2) is 9.64. The lowest BCUT2D eigenvalue weighted by Crippen LogP contribution is -2.21. The van der Waals surface area contributed by atoms with Gasteiger partial charge in [-0.1, -0.05) is 40.9 Å². The third-order valence-corrected chi connectivity index (χ3v) is 6.05. The van der Waals surface area contributed by atoms with Crippen LogP contribution in [0.15, 0.2) is 41.0 Å². The Kier molecular flexibility index (Phi) is 7.15. The highest BCUT2D eigenvalue weighted by molar-refractivity contribution is 6.42. The van der Waals surface area contributed by atoms with E-state index in [1.807, 2.05) is 6.92 Å². The summed E-state index contributed by atoms with van der Waals surface area (Å²) in [6.45, 7) is 5.00. The summed E-state index contributed by atoms with van der Waals surface area (Å²) in [7, 11) is 0. The molecule has 0 saturated carbocycles. The molecule has 2 amide bonds. The van der Waals surface area contributed by atoms with E-state index in [4.69, 9.17) is 44.0 Å². The number of anilines is 2. The van der Waals surface area contributed by atoms with Crippen molar-refractivity contribution in [2.45, 2.75) is 20.8 Å². The molecule has 0 bridgehead atoms. The first-order chi connectivity index (χ1) is 14.7. The van der Waals surface area contributed by atoms with E-state index in [0.717, 1.165) is 5.56 Å². The molecule has 1 heterocycles. The number of benzene rings is 2. The zero-order chi connectivity index (χ0) is 22.7. The molecule has 0 radical (unpaired) electrons. The standard InChI is InChI=1S/C22H19Cl3N2O4/c1-11-6-7-14(26-22(29)16-5-4-8-30-16)9-15(11)27-17(28)10-31-21-19(24)12(2)18(23)13(3)20(21)25/h4-9H,10H2,1-3H3,(H,26,29)(H,27,28). The van der Waals surface area contributed by atoms with Gasteiger partial charge < -0.3 is 19.8 Å². The number of ether oxygens (including phenoxy) is 1. The SMILES string of the molecule is Cc1ccc(NC(=O)c2ccco2)cc1NC(=O)COc1c(Cl)c(C)c(Cl)c(C)c1Cl. The summed E-state index contributed by atoms with van der Waals surface area (Å²) in [5, 5.41) is 6.44. The average Bonchev–Trinajstić information content (AvgIpc) is 3.28. The van der Waals surface area contributed by atoms with Crippen molar-refractivity contribution in [3.8, 4) is 5.75 Å². The fourth-order valence-electron chi connectivity index (χ4n) is 2.80. The van der Waals surface area contributed by atoms with E-state index in [0.29, 0.717) is 27.5 Å². The van der Waals surface area contributed by atoms with Gasteiger partial charge in [-0.05, 0) is 61.7 Å². The monoisotopic (exact) mass is 480 g/mol. The smallest absolute Gasteiger partial charge is 0.291 e. The Morgan fingerprint density at radius 3 is 2.26 bits per heavy atom. The molecule has 31 heavy (non-hydrogen) atoms. The second-order valence-electron chi connectivity index (χ2n) is 6.82.